The van der Waals surface area contributed by atoms with Crippen LogP contribution in [0.3, 0.4) is 0 Å². The minimum Gasteiger partial charge on any atom is -0.394 e. The van der Waals surface area contributed by atoms with Gasteiger partial charge in [-0.05, 0) is 12.1 Å². The van der Waals surface area contributed by atoms with Crippen LogP contribution in [0.1, 0.15) is 12.7 Å². The molecule has 2 N–H and O–H groups in total. The van der Waals surface area contributed by atoms with Gasteiger partial charge in [0.05, 0.1) is 13.2 Å². The van der Waals surface area contributed by atoms with Gasteiger partial charge in [0.2, 0.25) is 5.91 Å². The quantitative estimate of drug-likeness (QED) is 0.710. The summed E-state index contributed by atoms with van der Waals surface area (Å²) in [6.07, 6.45) is 2.58. The Balaban J connectivity index is 1.96. The minimum absolute atomic E-state index is 0.00846. The lowest BCUT2D eigenvalue weighted by Crippen LogP contribution is -2.24. The fourth-order valence-corrected chi connectivity index (χ4v) is 2.79. The molecule has 0 aliphatic rings. The van der Waals surface area contributed by atoms with E-state index in [1.54, 1.807) is 4.68 Å². The summed E-state index contributed by atoms with van der Waals surface area (Å²) in [5.74, 6) is 1.32. The summed E-state index contributed by atoms with van der Waals surface area (Å²) in [6, 6.07) is 8.09. The molecular formula is C17H21N5O2. The summed E-state index contributed by atoms with van der Waals surface area (Å²) in [6.45, 7) is 2.35. The predicted octanol–water partition coefficient (Wildman–Crippen LogP) is 1.11. The van der Waals surface area contributed by atoms with Crippen LogP contribution in [0.5, 0.6) is 0 Å². The van der Waals surface area contributed by atoms with Gasteiger partial charge in [0, 0.05) is 49.6 Å². The Hall–Kier alpha value is -2.67. The van der Waals surface area contributed by atoms with E-state index in [1.165, 1.54) is 6.92 Å². The van der Waals surface area contributed by atoms with Crippen LogP contribution in [0, 0.1) is 0 Å². The van der Waals surface area contributed by atoms with E-state index in [-0.39, 0.29) is 12.5 Å². The third-order valence-electron chi connectivity index (χ3n) is 3.95. The summed E-state index contributed by atoms with van der Waals surface area (Å²) in [4.78, 5) is 15.7. The van der Waals surface area contributed by atoms with Gasteiger partial charge < -0.3 is 15.0 Å². The van der Waals surface area contributed by atoms with Crippen molar-refractivity contribution in [2.75, 3.05) is 13.2 Å². The molecule has 2 aromatic heterocycles. The van der Waals surface area contributed by atoms with Gasteiger partial charge in [-0.1, -0.05) is 12.1 Å². The number of nitrogens with zero attached hydrogens (tertiary/aromatic N) is 4. The lowest BCUT2D eigenvalue weighted by Gasteiger charge is -2.03. The number of hydrogen-bond donors (Lipinski definition) is 2. The molecule has 1 amide bonds. The van der Waals surface area contributed by atoms with E-state index < -0.39 is 0 Å². The summed E-state index contributed by atoms with van der Waals surface area (Å²) in [7, 11) is 2.00. The average Bonchev–Trinajstić information content (AvgIpc) is 3.12. The molecule has 0 aliphatic carbocycles. The number of carbonyl (C=O) groups is 1. The average molecular weight is 327 g/mol. The zero-order valence-electron chi connectivity index (χ0n) is 13.9. The van der Waals surface area contributed by atoms with Crippen LogP contribution in [0.4, 0.5) is 0 Å². The lowest BCUT2D eigenvalue weighted by atomic mass is 10.1. The van der Waals surface area contributed by atoms with Crippen molar-refractivity contribution in [2.24, 2.45) is 7.05 Å². The molecule has 0 bridgehead atoms. The highest BCUT2D eigenvalue weighted by Gasteiger charge is 2.14. The van der Waals surface area contributed by atoms with E-state index in [1.807, 2.05) is 31.4 Å². The van der Waals surface area contributed by atoms with Crippen LogP contribution in [0.25, 0.3) is 22.3 Å². The molecule has 3 aromatic rings. The molecule has 1 aromatic carbocycles. The fraction of sp³-hybridized carbons (Fsp3) is 0.353. The number of benzene rings is 1. The van der Waals surface area contributed by atoms with Crippen LogP contribution in [0.2, 0.25) is 0 Å². The topological polar surface area (TPSA) is 85.0 Å². The zero-order chi connectivity index (χ0) is 17.1. The maximum absolute atomic E-state index is 11.0. The van der Waals surface area contributed by atoms with Crippen molar-refractivity contribution in [3.63, 3.8) is 0 Å². The summed E-state index contributed by atoms with van der Waals surface area (Å²) in [5, 5.41) is 17.7. The second-order valence-electron chi connectivity index (χ2n) is 5.70. The van der Waals surface area contributed by atoms with E-state index in [4.69, 9.17) is 0 Å². The number of aromatic nitrogens is 4. The maximum atomic E-state index is 11.0. The molecule has 0 aliphatic heterocycles. The van der Waals surface area contributed by atoms with Crippen LogP contribution < -0.4 is 5.32 Å². The van der Waals surface area contributed by atoms with Crippen molar-refractivity contribution in [1.29, 1.82) is 0 Å². The smallest absolute Gasteiger partial charge is 0.216 e. The Labute approximate surface area is 139 Å². The van der Waals surface area contributed by atoms with Crippen molar-refractivity contribution >= 4 is 16.8 Å². The largest absolute Gasteiger partial charge is 0.394 e. The number of aryl methyl sites for hydroxylation is 1. The van der Waals surface area contributed by atoms with Crippen molar-refractivity contribution in [2.45, 2.75) is 19.9 Å². The zero-order valence-corrected chi connectivity index (χ0v) is 13.9. The van der Waals surface area contributed by atoms with Gasteiger partial charge in [0.15, 0.2) is 5.82 Å². The molecule has 0 saturated heterocycles. The first-order valence-corrected chi connectivity index (χ1v) is 7.93. The normalized spacial score (nSPS) is 11.1. The molecule has 3 rings (SSSR count). The highest BCUT2D eigenvalue weighted by molar-refractivity contribution is 5.93. The minimum atomic E-state index is -0.0718. The van der Waals surface area contributed by atoms with Gasteiger partial charge in [0.25, 0.3) is 0 Å². The van der Waals surface area contributed by atoms with Gasteiger partial charge in [-0.15, -0.1) is 0 Å². The number of amides is 1. The highest BCUT2D eigenvalue weighted by atomic mass is 16.3. The molecule has 2 heterocycles. The van der Waals surface area contributed by atoms with Crippen molar-refractivity contribution in [3.05, 3.63) is 36.3 Å². The molecule has 0 atom stereocenters. The molecular weight excluding hydrogens is 306 g/mol. The highest BCUT2D eigenvalue weighted by Crippen LogP contribution is 2.27. The molecule has 126 valence electrons. The number of rotatable bonds is 6. The molecule has 0 fully saturated rings. The first-order chi connectivity index (χ1) is 11.6. The molecule has 0 saturated carbocycles. The van der Waals surface area contributed by atoms with Gasteiger partial charge in [0.1, 0.15) is 5.82 Å². The molecule has 7 nitrogen and oxygen atoms in total. The Morgan fingerprint density at radius 2 is 2.17 bits per heavy atom. The Morgan fingerprint density at radius 3 is 2.92 bits per heavy atom. The third kappa shape index (κ3) is 3.16. The first kappa shape index (κ1) is 16.2. The lowest BCUT2D eigenvalue weighted by molar-refractivity contribution is -0.118. The van der Waals surface area contributed by atoms with E-state index in [2.05, 4.69) is 26.0 Å². The van der Waals surface area contributed by atoms with Gasteiger partial charge in [-0.25, -0.2) is 9.67 Å². The van der Waals surface area contributed by atoms with Crippen LogP contribution in [-0.4, -0.2) is 43.5 Å². The molecule has 0 radical (unpaired) electrons. The van der Waals surface area contributed by atoms with Crippen LogP contribution >= 0.6 is 0 Å². The predicted molar refractivity (Wildman–Crippen MR) is 91.4 cm³/mol. The molecule has 0 unspecified atom stereocenters. The summed E-state index contributed by atoms with van der Waals surface area (Å²) in [5.41, 5.74) is 2.08. The molecule has 24 heavy (non-hydrogen) atoms. The summed E-state index contributed by atoms with van der Waals surface area (Å²) < 4.78 is 3.76. The fourth-order valence-electron chi connectivity index (χ4n) is 2.79. The van der Waals surface area contributed by atoms with Gasteiger partial charge in [-0.3, -0.25) is 4.79 Å². The van der Waals surface area contributed by atoms with E-state index in [0.717, 1.165) is 22.3 Å². The standard InChI is InChI=1S/C17H21N5O2/c1-12(24)18-8-6-16-19-17(20-22(16)10-11-23)14-4-3-5-15-13(14)7-9-21(15)2/h3-5,7,9,23H,6,8,10-11H2,1-2H3,(H,18,24). The van der Waals surface area contributed by atoms with Crippen molar-refractivity contribution in [3.8, 4) is 11.4 Å². The maximum Gasteiger partial charge on any atom is 0.216 e. The number of aliphatic hydroxyl groups excluding tert-OH is 1. The Bertz CT molecular complexity index is 865. The molecule has 0 spiro atoms. The number of carbonyl (C=O) groups excluding carboxylic acids is 1. The number of fused-ring (bicyclic) bond motifs is 1. The second kappa shape index (κ2) is 6.84. The third-order valence-corrected chi connectivity index (χ3v) is 3.95. The summed E-state index contributed by atoms with van der Waals surface area (Å²) >= 11 is 0. The van der Waals surface area contributed by atoms with E-state index >= 15 is 0 Å². The van der Waals surface area contributed by atoms with Crippen LogP contribution in [-0.2, 0) is 24.8 Å². The monoisotopic (exact) mass is 327 g/mol. The number of hydrogen-bond acceptors (Lipinski definition) is 4. The van der Waals surface area contributed by atoms with Gasteiger partial charge in [-0.2, -0.15) is 5.10 Å². The van der Waals surface area contributed by atoms with Crippen LogP contribution in [0.15, 0.2) is 30.5 Å². The number of aliphatic hydroxyl groups is 1. The molecule has 7 heteroatoms. The Kier molecular flexibility index (Phi) is 4.61. The van der Waals surface area contributed by atoms with E-state index in [0.29, 0.717) is 25.3 Å². The SMILES string of the molecule is CC(=O)NCCc1nc(-c2cccc3c2ccn3C)nn1CCO. The van der Waals surface area contributed by atoms with Crippen molar-refractivity contribution in [1.82, 2.24) is 24.6 Å². The number of nitrogens with one attached hydrogen (secondary N) is 1. The van der Waals surface area contributed by atoms with Crippen molar-refractivity contribution < 1.29 is 9.90 Å². The first-order valence-electron chi connectivity index (χ1n) is 7.93. The van der Waals surface area contributed by atoms with Gasteiger partial charge >= 0.3 is 0 Å². The second-order valence-corrected chi connectivity index (χ2v) is 5.70. The van der Waals surface area contributed by atoms with E-state index in [9.17, 15) is 9.90 Å². The Morgan fingerprint density at radius 1 is 1.33 bits per heavy atom.